The molecule has 2 heterocycles. The van der Waals surface area contributed by atoms with Crippen LogP contribution in [0.4, 0.5) is 0 Å². The van der Waals surface area contributed by atoms with Crippen molar-refractivity contribution in [3.8, 4) is 0 Å². The largest absolute Gasteiger partial charge is 0.339 e. The second kappa shape index (κ2) is 5.64. The normalized spacial score (nSPS) is 21.4. The maximum Gasteiger partial charge on any atom is 0.257 e. The number of aromatic nitrogens is 1. The molecule has 1 aliphatic carbocycles. The van der Waals surface area contributed by atoms with Crippen LogP contribution in [0.1, 0.15) is 48.9 Å². The molecule has 5 heteroatoms. The minimum Gasteiger partial charge on any atom is -0.339 e. The van der Waals surface area contributed by atoms with Gasteiger partial charge in [0.15, 0.2) is 0 Å². The predicted octanol–water partition coefficient (Wildman–Crippen LogP) is 4.29. The Morgan fingerprint density at radius 1 is 1.25 bits per heavy atom. The Balaban J connectivity index is 1.71. The number of hydrogen-bond acceptors (Lipinski definition) is 2. The third kappa shape index (κ3) is 2.73. The van der Waals surface area contributed by atoms with Crippen LogP contribution in [0, 0.1) is 5.41 Å². The molecular formula is C15H18BrClN2O. The lowest BCUT2D eigenvalue weighted by molar-refractivity contribution is 0.0587. The molecule has 1 aliphatic heterocycles. The van der Waals surface area contributed by atoms with Crippen LogP contribution in [0.3, 0.4) is 0 Å². The third-order valence-corrected chi connectivity index (χ3v) is 5.55. The zero-order chi connectivity index (χ0) is 14.2. The van der Waals surface area contributed by atoms with Crippen LogP contribution in [-0.4, -0.2) is 28.9 Å². The van der Waals surface area contributed by atoms with Crippen LogP contribution < -0.4 is 0 Å². The maximum absolute atomic E-state index is 12.6. The molecule has 3 rings (SSSR count). The first-order valence-corrected chi connectivity index (χ1v) is 8.37. The second-order valence-electron chi connectivity index (χ2n) is 5.99. The van der Waals surface area contributed by atoms with Crippen molar-refractivity contribution >= 4 is 33.4 Å². The number of pyridine rings is 1. The standard InChI is InChI=1S/C15H18BrClN2O/c16-11-9-12(13(17)18-10-11)14(20)19-7-5-15(6-8-19)3-1-2-4-15/h9-10H,1-8H2. The number of likely N-dealkylation sites (tertiary alicyclic amines) is 1. The molecule has 0 aromatic carbocycles. The van der Waals surface area contributed by atoms with Crippen LogP contribution in [0.25, 0.3) is 0 Å². The summed E-state index contributed by atoms with van der Waals surface area (Å²) in [5, 5.41) is 0.291. The lowest BCUT2D eigenvalue weighted by Gasteiger charge is -2.39. The van der Waals surface area contributed by atoms with E-state index in [-0.39, 0.29) is 5.91 Å². The lowest BCUT2D eigenvalue weighted by Crippen LogP contribution is -2.42. The molecule has 1 saturated heterocycles. The molecule has 0 unspecified atom stereocenters. The third-order valence-electron chi connectivity index (χ3n) is 4.81. The maximum atomic E-state index is 12.6. The van der Waals surface area contributed by atoms with Gasteiger partial charge in [0.25, 0.3) is 5.91 Å². The molecule has 3 nitrogen and oxygen atoms in total. The summed E-state index contributed by atoms with van der Waals surface area (Å²) in [5.74, 6) is 0.0108. The van der Waals surface area contributed by atoms with E-state index >= 15 is 0 Å². The number of rotatable bonds is 1. The first-order chi connectivity index (χ1) is 9.60. The van der Waals surface area contributed by atoms with E-state index in [9.17, 15) is 4.79 Å². The van der Waals surface area contributed by atoms with Gasteiger partial charge < -0.3 is 4.90 Å². The van der Waals surface area contributed by atoms with Gasteiger partial charge in [-0.25, -0.2) is 4.98 Å². The summed E-state index contributed by atoms with van der Waals surface area (Å²) < 4.78 is 0.787. The number of amides is 1. The minimum atomic E-state index is 0.0108. The van der Waals surface area contributed by atoms with Gasteiger partial charge in [-0.05, 0) is 53.1 Å². The van der Waals surface area contributed by atoms with E-state index in [1.807, 2.05) is 4.90 Å². The highest BCUT2D eigenvalue weighted by Gasteiger charge is 2.38. The first kappa shape index (κ1) is 14.3. The molecule has 1 amide bonds. The van der Waals surface area contributed by atoms with Crippen molar-refractivity contribution in [2.45, 2.75) is 38.5 Å². The minimum absolute atomic E-state index is 0.0108. The number of nitrogens with zero attached hydrogens (tertiary/aromatic N) is 2. The van der Waals surface area contributed by atoms with E-state index in [2.05, 4.69) is 20.9 Å². The van der Waals surface area contributed by atoms with Crippen molar-refractivity contribution in [1.29, 1.82) is 0 Å². The number of carbonyl (C=O) groups excluding carboxylic acids is 1. The van der Waals surface area contributed by atoms with Gasteiger partial charge in [-0.15, -0.1) is 0 Å². The molecule has 0 atom stereocenters. The van der Waals surface area contributed by atoms with Crippen molar-refractivity contribution in [3.63, 3.8) is 0 Å². The first-order valence-electron chi connectivity index (χ1n) is 7.20. The molecule has 0 bridgehead atoms. The molecule has 1 aromatic rings. The van der Waals surface area contributed by atoms with Gasteiger partial charge in [-0.2, -0.15) is 0 Å². The van der Waals surface area contributed by atoms with Crippen molar-refractivity contribution in [3.05, 3.63) is 27.5 Å². The Morgan fingerprint density at radius 3 is 2.55 bits per heavy atom. The van der Waals surface area contributed by atoms with Gasteiger partial charge in [-0.1, -0.05) is 24.4 Å². The van der Waals surface area contributed by atoms with E-state index in [0.717, 1.165) is 30.4 Å². The lowest BCUT2D eigenvalue weighted by atomic mass is 9.77. The molecule has 20 heavy (non-hydrogen) atoms. The highest BCUT2D eigenvalue weighted by atomic mass is 79.9. The van der Waals surface area contributed by atoms with Crippen LogP contribution in [0.2, 0.25) is 5.15 Å². The Morgan fingerprint density at radius 2 is 1.90 bits per heavy atom. The monoisotopic (exact) mass is 356 g/mol. The van der Waals surface area contributed by atoms with E-state index < -0.39 is 0 Å². The average molecular weight is 358 g/mol. The molecule has 2 aliphatic rings. The molecule has 0 N–H and O–H groups in total. The van der Waals surface area contributed by atoms with Crippen LogP contribution in [0.5, 0.6) is 0 Å². The summed E-state index contributed by atoms with van der Waals surface area (Å²) in [6.45, 7) is 1.70. The summed E-state index contributed by atoms with van der Waals surface area (Å²) in [6, 6.07) is 1.76. The Hall–Kier alpha value is -0.610. The Kier molecular flexibility index (Phi) is 4.04. The second-order valence-corrected chi connectivity index (χ2v) is 7.26. The van der Waals surface area contributed by atoms with E-state index in [0.29, 0.717) is 16.1 Å². The summed E-state index contributed by atoms with van der Waals surface area (Å²) in [5.41, 5.74) is 1.03. The van der Waals surface area contributed by atoms with E-state index in [1.54, 1.807) is 12.3 Å². The van der Waals surface area contributed by atoms with Gasteiger partial charge in [-0.3, -0.25) is 4.79 Å². The molecule has 0 radical (unpaired) electrons. The highest BCUT2D eigenvalue weighted by Crippen LogP contribution is 2.46. The van der Waals surface area contributed by atoms with Gasteiger partial charge in [0.05, 0.1) is 5.56 Å². The topological polar surface area (TPSA) is 33.2 Å². The molecular weight excluding hydrogens is 340 g/mol. The quantitative estimate of drug-likeness (QED) is 0.702. The van der Waals surface area contributed by atoms with Crippen molar-refractivity contribution in [2.24, 2.45) is 5.41 Å². The van der Waals surface area contributed by atoms with E-state index in [1.165, 1.54) is 25.7 Å². The fourth-order valence-electron chi connectivity index (χ4n) is 3.55. The average Bonchev–Trinajstić information content (AvgIpc) is 2.90. The summed E-state index contributed by atoms with van der Waals surface area (Å²) in [4.78, 5) is 18.5. The fourth-order valence-corrected chi connectivity index (χ4v) is 4.07. The zero-order valence-corrected chi connectivity index (χ0v) is 13.7. The fraction of sp³-hybridized carbons (Fsp3) is 0.600. The summed E-state index contributed by atoms with van der Waals surface area (Å²) in [6.07, 6.45) is 9.28. The number of halogens is 2. The summed E-state index contributed by atoms with van der Waals surface area (Å²) >= 11 is 9.40. The van der Waals surface area contributed by atoms with Crippen molar-refractivity contribution in [1.82, 2.24) is 9.88 Å². The Bertz CT molecular complexity index is 519. The van der Waals surface area contributed by atoms with Crippen molar-refractivity contribution in [2.75, 3.05) is 13.1 Å². The van der Waals surface area contributed by atoms with E-state index in [4.69, 9.17) is 11.6 Å². The highest BCUT2D eigenvalue weighted by molar-refractivity contribution is 9.10. The van der Waals surface area contributed by atoms with Gasteiger partial charge in [0.1, 0.15) is 5.15 Å². The predicted molar refractivity (Wildman–Crippen MR) is 83.0 cm³/mol. The number of hydrogen-bond donors (Lipinski definition) is 0. The SMILES string of the molecule is O=C(c1cc(Br)cnc1Cl)N1CCC2(CCCC2)CC1. The molecule has 2 fully saturated rings. The molecule has 108 valence electrons. The van der Waals surface area contributed by atoms with Gasteiger partial charge in [0.2, 0.25) is 0 Å². The molecule has 1 spiro atoms. The summed E-state index contributed by atoms with van der Waals surface area (Å²) in [7, 11) is 0. The van der Waals surface area contributed by atoms with Crippen LogP contribution >= 0.6 is 27.5 Å². The van der Waals surface area contributed by atoms with Crippen LogP contribution in [-0.2, 0) is 0 Å². The van der Waals surface area contributed by atoms with Gasteiger partial charge in [0, 0.05) is 23.8 Å². The van der Waals surface area contributed by atoms with Gasteiger partial charge >= 0.3 is 0 Å². The number of carbonyl (C=O) groups is 1. The number of piperidine rings is 1. The molecule has 1 saturated carbocycles. The smallest absolute Gasteiger partial charge is 0.257 e. The zero-order valence-electron chi connectivity index (χ0n) is 11.4. The van der Waals surface area contributed by atoms with Crippen molar-refractivity contribution < 1.29 is 4.79 Å². The molecule has 1 aromatic heterocycles. The van der Waals surface area contributed by atoms with Crippen LogP contribution in [0.15, 0.2) is 16.7 Å². The Labute approximate surface area is 132 Å².